The number of carbonyl (C=O) groups excluding carboxylic acids is 1. The lowest BCUT2D eigenvalue weighted by Gasteiger charge is -2.08. The molecule has 0 aromatic carbocycles. The fourth-order valence-corrected chi connectivity index (χ4v) is 3.47. The molecule has 0 unspecified atom stereocenters. The van der Waals surface area contributed by atoms with Gasteiger partial charge in [0.2, 0.25) is 0 Å². The molecular weight excluding hydrogens is 405 g/mol. The Labute approximate surface area is 168 Å². The van der Waals surface area contributed by atoms with E-state index in [1.165, 1.54) is 24.9 Å². The maximum absolute atomic E-state index is 13.0. The number of fused-ring (bicyclic) bond motifs is 1. The Bertz CT molecular complexity index is 1090. The summed E-state index contributed by atoms with van der Waals surface area (Å²) in [5.74, 6) is 0.672. The number of carbonyl (C=O) groups is 1. The van der Waals surface area contributed by atoms with Gasteiger partial charge in [-0.2, -0.15) is 13.2 Å². The molecule has 3 heterocycles. The summed E-state index contributed by atoms with van der Waals surface area (Å²) in [5.41, 5.74) is 0.833. The summed E-state index contributed by atoms with van der Waals surface area (Å²) < 4.78 is 45.1. The number of aryl methyl sites for hydroxylation is 1. The highest BCUT2D eigenvalue weighted by Gasteiger charge is 2.32. The van der Waals surface area contributed by atoms with E-state index in [4.69, 9.17) is 0 Å². The van der Waals surface area contributed by atoms with Crippen LogP contribution in [-0.2, 0) is 22.8 Å². The van der Waals surface area contributed by atoms with Crippen LogP contribution >= 0.6 is 11.8 Å². The molecule has 3 rings (SSSR count). The maximum atomic E-state index is 13.0. The monoisotopic (exact) mass is 422 g/mol. The zero-order valence-electron chi connectivity index (χ0n) is 15.8. The summed E-state index contributed by atoms with van der Waals surface area (Å²) in [6.45, 7) is 1.97. The van der Waals surface area contributed by atoms with E-state index in [0.717, 1.165) is 22.9 Å². The van der Waals surface area contributed by atoms with Gasteiger partial charge < -0.3 is 9.30 Å². The van der Waals surface area contributed by atoms with E-state index in [1.807, 2.05) is 13.0 Å². The molecule has 0 saturated carbocycles. The highest BCUT2D eigenvalue weighted by Crippen LogP contribution is 2.34. The van der Waals surface area contributed by atoms with E-state index < -0.39 is 17.7 Å². The molecule has 0 fully saturated rings. The van der Waals surface area contributed by atoms with Crippen molar-refractivity contribution < 1.29 is 22.7 Å². The van der Waals surface area contributed by atoms with Crippen molar-refractivity contribution >= 4 is 35.0 Å². The number of thioether (sulfide) groups is 1. The zero-order chi connectivity index (χ0) is 21.2. The Morgan fingerprint density at radius 2 is 2.03 bits per heavy atom. The Hall–Kier alpha value is -2.88. The number of nitrogens with zero attached hydrogens (tertiary/aromatic N) is 4. The van der Waals surface area contributed by atoms with Gasteiger partial charge in [-0.05, 0) is 29.5 Å². The number of methoxy groups -OCH3 is 1. The lowest BCUT2D eigenvalue weighted by atomic mass is 10.2. The van der Waals surface area contributed by atoms with Crippen LogP contribution in [0.5, 0.6) is 0 Å². The normalized spacial score (nSPS) is 12.1. The molecule has 152 valence electrons. The summed E-state index contributed by atoms with van der Waals surface area (Å²) >= 11 is 1.51. The van der Waals surface area contributed by atoms with Crippen LogP contribution < -0.4 is 0 Å². The number of pyridine rings is 2. The van der Waals surface area contributed by atoms with Gasteiger partial charge in [-0.3, -0.25) is 4.98 Å². The van der Waals surface area contributed by atoms with E-state index in [0.29, 0.717) is 22.7 Å². The minimum atomic E-state index is -4.49. The van der Waals surface area contributed by atoms with Crippen LogP contribution in [0.4, 0.5) is 13.2 Å². The number of rotatable bonds is 5. The second kappa shape index (κ2) is 8.24. The lowest BCUT2D eigenvalue weighted by Crippen LogP contribution is -2.05. The first-order chi connectivity index (χ1) is 13.7. The fraction of sp³-hybridized carbons (Fsp3) is 0.263. The summed E-state index contributed by atoms with van der Waals surface area (Å²) in [5, 5.41) is 0. The Kier molecular flexibility index (Phi) is 5.92. The molecule has 0 aliphatic carbocycles. The molecule has 3 aromatic rings. The topological polar surface area (TPSA) is 69.9 Å². The van der Waals surface area contributed by atoms with Crippen LogP contribution in [-0.4, -0.2) is 38.4 Å². The fourth-order valence-electron chi connectivity index (χ4n) is 2.66. The van der Waals surface area contributed by atoms with Gasteiger partial charge in [0.1, 0.15) is 11.2 Å². The number of ether oxygens (including phenoxy) is 1. The molecule has 0 atom stereocenters. The SMILES string of the molecule is CCSc1cc(C=CC(=O)OC)cnc1-c1nc2cc(C(F)(F)F)cnc2n1C. The van der Waals surface area contributed by atoms with Crippen molar-refractivity contribution in [1.29, 1.82) is 0 Å². The second-order valence-electron chi connectivity index (χ2n) is 5.96. The minimum absolute atomic E-state index is 0.140. The number of imidazole rings is 1. The molecule has 0 N–H and O–H groups in total. The molecule has 6 nitrogen and oxygen atoms in total. The predicted molar refractivity (Wildman–Crippen MR) is 104 cm³/mol. The zero-order valence-corrected chi connectivity index (χ0v) is 16.6. The highest BCUT2D eigenvalue weighted by molar-refractivity contribution is 7.99. The van der Waals surface area contributed by atoms with Gasteiger partial charge in [-0.1, -0.05) is 6.92 Å². The third-order valence-electron chi connectivity index (χ3n) is 4.03. The van der Waals surface area contributed by atoms with Gasteiger partial charge in [-0.25, -0.2) is 14.8 Å². The molecule has 10 heteroatoms. The molecule has 0 spiro atoms. The predicted octanol–water partition coefficient (Wildman–Crippen LogP) is 4.35. The number of hydrogen-bond acceptors (Lipinski definition) is 6. The number of aromatic nitrogens is 4. The number of esters is 1. The first kappa shape index (κ1) is 20.8. The molecule has 3 aromatic heterocycles. The molecule has 0 amide bonds. The molecule has 0 radical (unpaired) electrons. The molecule has 0 aliphatic rings. The summed E-state index contributed by atoms with van der Waals surface area (Å²) in [6, 6.07) is 2.82. The van der Waals surface area contributed by atoms with Crippen molar-refractivity contribution in [1.82, 2.24) is 19.5 Å². The van der Waals surface area contributed by atoms with E-state index in [9.17, 15) is 18.0 Å². The van der Waals surface area contributed by atoms with Crippen molar-refractivity contribution in [3.63, 3.8) is 0 Å². The quantitative estimate of drug-likeness (QED) is 0.346. The summed E-state index contributed by atoms with van der Waals surface area (Å²) in [4.78, 5) is 24.8. The number of hydrogen-bond donors (Lipinski definition) is 0. The van der Waals surface area contributed by atoms with Gasteiger partial charge in [0.05, 0.1) is 12.7 Å². The molecule has 29 heavy (non-hydrogen) atoms. The molecule has 0 aliphatic heterocycles. The standard InChI is InChI=1S/C19H17F3N4O2S/c1-4-29-14-7-11(5-6-15(27)28-3)9-23-16(14)18-25-13-8-12(19(20,21)22)10-24-17(13)26(18)2/h5-10H,4H2,1-3H3. The molecule has 0 bridgehead atoms. The summed E-state index contributed by atoms with van der Waals surface area (Å²) in [7, 11) is 2.97. The Morgan fingerprint density at radius 1 is 1.28 bits per heavy atom. The third kappa shape index (κ3) is 4.42. The first-order valence-electron chi connectivity index (χ1n) is 8.53. The van der Waals surface area contributed by atoms with Crippen LogP contribution in [0.3, 0.4) is 0 Å². The summed E-state index contributed by atoms with van der Waals surface area (Å²) in [6.07, 6.45) is 0.725. The number of alkyl halides is 3. The average molecular weight is 422 g/mol. The second-order valence-corrected chi connectivity index (χ2v) is 7.27. The van der Waals surface area contributed by atoms with Crippen molar-refractivity contribution in [2.45, 2.75) is 18.0 Å². The average Bonchev–Trinajstić information content (AvgIpc) is 3.01. The van der Waals surface area contributed by atoms with Gasteiger partial charge in [0, 0.05) is 30.4 Å². The lowest BCUT2D eigenvalue weighted by molar-refractivity contribution is -0.138. The van der Waals surface area contributed by atoms with Crippen LogP contribution in [0, 0.1) is 0 Å². The van der Waals surface area contributed by atoms with E-state index in [-0.39, 0.29) is 5.52 Å². The smallest absolute Gasteiger partial charge is 0.417 e. The minimum Gasteiger partial charge on any atom is -0.466 e. The highest BCUT2D eigenvalue weighted by atomic mass is 32.2. The van der Waals surface area contributed by atoms with E-state index >= 15 is 0 Å². The molecular formula is C19H17F3N4O2S. The maximum Gasteiger partial charge on any atom is 0.417 e. The van der Waals surface area contributed by atoms with Crippen molar-refractivity contribution in [3.05, 3.63) is 41.7 Å². The van der Waals surface area contributed by atoms with Gasteiger partial charge in [-0.15, -0.1) is 11.8 Å². The third-order valence-corrected chi connectivity index (χ3v) is 4.95. The van der Waals surface area contributed by atoms with Crippen LogP contribution in [0.2, 0.25) is 0 Å². The largest absolute Gasteiger partial charge is 0.466 e. The Morgan fingerprint density at radius 3 is 2.69 bits per heavy atom. The van der Waals surface area contributed by atoms with Crippen LogP contribution in [0.25, 0.3) is 28.8 Å². The number of halogens is 3. The van der Waals surface area contributed by atoms with Gasteiger partial charge in [0.15, 0.2) is 11.5 Å². The van der Waals surface area contributed by atoms with E-state index in [1.54, 1.807) is 23.9 Å². The van der Waals surface area contributed by atoms with Crippen molar-refractivity contribution in [3.8, 4) is 11.5 Å². The van der Waals surface area contributed by atoms with Gasteiger partial charge in [0.25, 0.3) is 0 Å². The Balaban J connectivity index is 2.09. The van der Waals surface area contributed by atoms with E-state index in [2.05, 4.69) is 19.7 Å². The van der Waals surface area contributed by atoms with Crippen molar-refractivity contribution in [2.24, 2.45) is 7.05 Å². The van der Waals surface area contributed by atoms with Crippen LogP contribution in [0.15, 0.2) is 35.5 Å². The molecule has 0 saturated heterocycles. The van der Waals surface area contributed by atoms with Crippen LogP contribution in [0.1, 0.15) is 18.1 Å². The first-order valence-corrected chi connectivity index (χ1v) is 9.52. The van der Waals surface area contributed by atoms with Crippen molar-refractivity contribution in [2.75, 3.05) is 12.9 Å². The van der Waals surface area contributed by atoms with Gasteiger partial charge >= 0.3 is 12.1 Å².